The molecule has 138 valence electrons. The minimum atomic E-state index is -0.997. The van der Waals surface area contributed by atoms with Crippen LogP contribution >= 0.6 is 24.0 Å². The number of aryl methyl sites for hydroxylation is 1. The molecule has 9 heteroatoms. The van der Waals surface area contributed by atoms with Gasteiger partial charge < -0.3 is 15.3 Å². The molecule has 1 heterocycles. The van der Waals surface area contributed by atoms with Gasteiger partial charge in [0.05, 0.1) is 13.1 Å². The first-order chi connectivity index (χ1) is 11.5. The maximum Gasteiger partial charge on any atom is 0.194 e. The summed E-state index contributed by atoms with van der Waals surface area (Å²) in [5.41, 5.74) is 0.244. The van der Waals surface area contributed by atoms with Crippen molar-refractivity contribution in [3.8, 4) is 0 Å². The highest BCUT2D eigenvalue weighted by molar-refractivity contribution is 14.0. The molecule has 0 aliphatic carbocycles. The number of aliphatic hydroxyl groups excluding tert-OH is 1. The monoisotopic (exact) mass is 462 g/mol. The Morgan fingerprint density at radius 1 is 1.44 bits per heavy atom. The molecule has 7 nitrogen and oxygen atoms in total. The van der Waals surface area contributed by atoms with E-state index in [0.29, 0.717) is 19.0 Å². The number of hydrogen-bond acceptors (Lipinski definition) is 4. The Bertz CT molecular complexity index is 693. The fourth-order valence-corrected chi connectivity index (χ4v) is 2.24. The topological polar surface area (TPSA) is 78.6 Å². The molecule has 0 bridgehead atoms. The van der Waals surface area contributed by atoms with E-state index < -0.39 is 11.9 Å². The van der Waals surface area contributed by atoms with Crippen LogP contribution in [-0.2, 0) is 13.6 Å². The average Bonchev–Trinajstić information content (AvgIpc) is 2.96. The normalized spacial score (nSPS) is 12.4. The van der Waals surface area contributed by atoms with Crippen molar-refractivity contribution in [1.82, 2.24) is 25.0 Å². The van der Waals surface area contributed by atoms with Crippen LogP contribution in [0.2, 0.25) is 0 Å². The standard InChI is InChI=1S/C16H23FN6O.HI/c1-4-18-16(22(2)10-15-20-11-21-23(15)3)19-9-14(24)12-7-5-6-8-13(12)17;/h5-8,11,14,24H,4,9-10H2,1-3H3,(H,18,19);1H. The van der Waals surface area contributed by atoms with E-state index in [9.17, 15) is 9.50 Å². The van der Waals surface area contributed by atoms with Crippen LogP contribution in [-0.4, -0.2) is 50.9 Å². The second kappa shape index (κ2) is 10.3. The van der Waals surface area contributed by atoms with Crippen molar-refractivity contribution >= 4 is 29.9 Å². The molecule has 0 aliphatic rings. The van der Waals surface area contributed by atoms with E-state index in [1.807, 2.05) is 25.9 Å². The molecule has 25 heavy (non-hydrogen) atoms. The largest absolute Gasteiger partial charge is 0.386 e. The van der Waals surface area contributed by atoms with Gasteiger partial charge in [-0.05, 0) is 13.0 Å². The lowest BCUT2D eigenvalue weighted by Crippen LogP contribution is -2.39. The summed E-state index contributed by atoms with van der Waals surface area (Å²) in [6, 6.07) is 6.17. The predicted molar refractivity (Wildman–Crippen MR) is 105 cm³/mol. The van der Waals surface area contributed by atoms with Crippen LogP contribution in [0, 0.1) is 5.82 Å². The van der Waals surface area contributed by atoms with Crippen molar-refractivity contribution < 1.29 is 9.50 Å². The van der Waals surface area contributed by atoms with Gasteiger partial charge in [-0.2, -0.15) is 5.10 Å². The van der Waals surface area contributed by atoms with E-state index in [-0.39, 0.29) is 36.1 Å². The zero-order valence-corrected chi connectivity index (χ0v) is 16.9. The van der Waals surface area contributed by atoms with Crippen LogP contribution in [0.15, 0.2) is 35.6 Å². The molecule has 1 atom stereocenters. The number of benzene rings is 1. The van der Waals surface area contributed by atoms with Crippen LogP contribution in [0.25, 0.3) is 0 Å². The van der Waals surface area contributed by atoms with Crippen molar-refractivity contribution in [2.75, 3.05) is 20.1 Å². The number of guanidine groups is 1. The summed E-state index contributed by atoms with van der Waals surface area (Å²) >= 11 is 0. The number of aliphatic hydroxyl groups is 1. The van der Waals surface area contributed by atoms with E-state index in [2.05, 4.69) is 20.4 Å². The fraction of sp³-hybridized carbons (Fsp3) is 0.438. The van der Waals surface area contributed by atoms with Gasteiger partial charge in [-0.15, -0.1) is 24.0 Å². The van der Waals surface area contributed by atoms with Crippen molar-refractivity contribution in [1.29, 1.82) is 0 Å². The van der Waals surface area contributed by atoms with Gasteiger partial charge in [-0.1, -0.05) is 18.2 Å². The van der Waals surface area contributed by atoms with Gasteiger partial charge in [-0.25, -0.2) is 9.37 Å². The Balaban J connectivity index is 0.00000312. The first-order valence-electron chi connectivity index (χ1n) is 7.77. The number of rotatable bonds is 6. The Labute approximate surface area is 164 Å². The minimum Gasteiger partial charge on any atom is -0.386 e. The molecule has 0 spiro atoms. The summed E-state index contributed by atoms with van der Waals surface area (Å²) in [7, 11) is 3.69. The van der Waals surface area contributed by atoms with Crippen LogP contribution < -0.4 is 5.32 Å². The lowest BCUT2D eigenvalue weighted by Gasteiger charge is -2.22. The number of nitrogens with zero attached hydrogens (tertiary/aromatic N) is 5. The van der Waals surface area contributed by atoms with E-state index in [1.54, 1.807) is 22.9 Å². The number of halogens is 2. The predicted octanol–water partition coefficient (Wildman–Crippen LogP) is 1.70. The zero-order chi connectivity index (χ0) is 17.5. The molecule has 0 radical (unpaired) electrons. The number of aliphatic imine (C=N–C) groups is 1. The van der Waals surface area contributed by atoms with E-state index in [1.165, 1.54) is 12.4 Å². The lowest BCUT2D eigenvalue weighted by molar-refractivity contribution is 0.181. The van der Waals surface area contributed by atoms with Crippen LogP contribution in [0.3, 0.4) is 0 Å². The Hall–Kier alpha value is -1.75. The van der Waals surface area contributed by atoms with Crippen molar-refractivity contribution in [3.63, 3.8) is 0 Å². The van der Waals surface area contributed by atoms with Gasteiger partial charge in [0, 0.05) is 26.2 Å². The smallest absolute Gasteiger partial charge is 0.194 e. The average molecular weight is 462 g/mol. The quantitative estimate of drug-likeness (QED) is 0.388. The molecule has 0 amide bonds. The van der Waals surface area contributed by atoms with Crippen LogP contribution in [0.5, 0.6) is 0 Å². The summed E-state index contributed by atoms with van der Waals surface area (Å²) in [6.45, 7) is 3.21. The third-order valence-corrected chi connectivity index (χ3v) is 3.56. The van der Waals surface area contributed by atoms with Gasteiger partial charge >= 0.3 is 0 Å². The molecule has 2 rings (SSSR count). The lowest BCUT2D eigenvalue weighted by atomic mass is 10.1. The maximum absolute atomic E-state index is 13.7. The highest BCUT2D eigenvalue weighted by atomic mass is 127. The third kappa shape index (κ3) is 5.92. The van der Waals surface area contributed by atoms with Gasteiger partial charge in [0.1, 0.15) is 24.1 Å². The number of nitrogens with one attached hydrogen (secondary N) is 1. The fourth-order valence-electron chi connectivity index (χ4n) is 2.24. The molecule has 2 aromatic rings. The second-order valence-electron chi connectivity index (χ2n) is 5.39. The third-order valence-electron chi connectivity index (χ3n) is 3.56. The minimum absolute atomic E-state index is 0. The van der Waals surface area contributed by atoms with Gasteiger partial charge in [0.25, 0.3) is 0 Å². The highest BCUT2D eigenvalue weighted by Crippen LogP contribution is 2.16. The van der Waals surface area contributed by atoms with Gasteiger partial charge in [-0.3, -0.25) is 9.67 Å². The second-order valence-corrected chi connectivity index (χ2v) is 5.39. The number of aromatic nitrogens is 3. The zero-order valence-electron chi connectivity index (χ0n) is 14.6. The molecule has 1 aromatic carbocycles. The molecule has 1 aromatic heterocycles. The van der Waals surface area contributed by atoms with Crippen molar-refractivity contribution in [2.24, 2.45) is 12.0 Å². The van der Waals surface area contributed by atoms with E-state index >= 15 is 0 Å². The summed E-state index contributed by atoms with van der Waals surface area (Å²) in [5, 5.41) is 17.4. The Morgan fingerprint density at radius 2 is 2.16 bits per heavy atom. The van der Waals surface area contributed by atoms with Crippen molar-refractivity contribution in [3.05, 3.63) is 47.8 Å². The summed E-state index contributed by atoms with van der Waals surface area (Å²) in [6.07, 6.45) is 0.498. The molecular weight excluding hydrogens is 438 g/mol. The molecule has 0 saturated heterocycles. The van der Waals surface area contributed by atoms with Crippen LogP contribution in [0.4, 0.5) is 4.39 Å². The van der Waals surface area contributed by atoms with Gasteiger partial charge in [0.15, 0.2) is 5.96 Å². The summed E-state index contributed by atoms with van der Waals surface area (Å²) in [4.78, 5) is 10.5. The Kier molecular flexibility index (Phi) is 8.76. The molecule has 2 N–H and O–H groups in total. The van der Waals surface area contributed by atoms with Crippen LogP contribution in [0.1, 0.15) is 24.4 Å². The Morgan fingerprint density at radius 3 is 2.76 bits per heavy atom. The maximum atomic E-state index is 13.7. The summed E-state index contributed by atoms with van der Waals surface area (Å²) in [5.74, 6) is 0.964. The SMILES string of the molecule is CCNC(=NCC(O)c1ccccc1F)N(C)Cc1ncnn1C.I. The molecular formula is C16H24FIN6O. The first kappa shape index (κ1) is 21.3. The summed E-state index contributed by atoms with van der Waals surface area (Å²) < 4.78 is 15.4. The van der Waals surface area contributed by atoms with E-state index in [0.717, 1.165) is 5.82 Å². The molecule has 1 unspecified atom stereocenters. The highest BCUT2D eigenvalue weighted by Gasteiger charge is 2.14. The van der Waals surface area contributed by atoms with E-state index in [4.69, 9.17) is 0 Å². The number of hydrogen-bond donors (Lipinski definition) is 2. The molecule has 0 saturated carbocycles. The first-order valence-corrected chi connectivity index (χ1v) is 7.77. The van der Waals surface area contributed by atoms with Gasteiger partial charge in [0.2, 0.25) is 0 Å². The molecule has 0 fully saturated rings. The molecule has 0 aliphatic heterocycles. The van der Waals surface area contributed by atoms with Crippen molar-refractivity contribution in [2.45, 2.75) is 19.6 Å².